The second-order valence-electron chi connectivity index (χ2n) is 7.19. The summed E-state index contributed by atoms with van der Waals surface area (Å²) in [5.41, 5.74) is 2.13. The third-order valence-electron chi connectivity index (χ3n) is 4.76. The zero-order chi connectivity index (χ0) is 21.0. The molecular weight excluding hydrogens is 373 g/mol. The Labute approximate surface area is 170 Å². The number of halogens is 1. The fraction of sp³-hybridized carbons (Fsp3) is 0.450. The van der Waals surface area contributed by atoms with Gasteiger partial charge in [0.1, 0.15) is 12.4 Å². The van der Waals surface area contributed by atoms with Gasteiger partial charge < -0.3 is 20.0 Å². The molecule has 1 aliphatic heterocycles. The third kappa shape index (κ3) is 4.85. The Morgan fingerprint density at radius 1 is 1.34 bits per heavy atom. The molecule has 1 fully saturated rings. The summed E-state index contributed by atoms with van der Waals surface area (Å²) in [5, 5.41) is 7.37. The number of carbonyl (C=O) groups is 1. The number of hydrogen-bond donors (Lipinski definition) is 1. The highest BCUT2D eigenvalue weighted by molar-refractivity contribution is 5.98. The van der Waals surface area contributed by atoms with Crippen LogP contribution in [0.5, 0.6) is 0 Å². The molecule has 156 valence electrons. The number of rotatable bonds is 5. The molecule has 1 N–H and O–H groups in total. The number of nitrogens with one attached hydrogen (secondary N) is 1. The summed E-state index contributed by atoms with van der Waals surface area (Å²) < 4.78 is 15.9. The Morgan fingerprint density at radius 3 is 2.72 bits per heavy atom. The van der Waals surface area contributed by atoms with Gasteiger partial charge in [-0.05, 0) is 24.6 Å². The molecule has 0 atom stereocenters. The molecule has 1 amide bonds. The number of aryl methyl sites for hydroxylation is 1. The van der Waals surface area contributed by atoms with Gasteiger partial charge in [-0.1, -0.05) is 6.07 Å². The summed E-state index contributed by atoms with van der Waals surface area (Å²) in [4.78, 5) is 22.7. The van der Waals surface area contributed by atoms with Gasteiger partial charge in [0.25, 0.3) is 0 Å². The molecule has 0 saturated carbocycles. The minimum absolute atomic E-state index is 0.00349. The Balaban J connectivity index is 1.69. The lowest BCUT2D eigenvalue weighted by Gasteiger charge is -2.35. The molecule has 8 nitrogen and oxygen atoms in total. The van der Waals surface area contributed by atoms with Crippen molar-refractivity contribution in [3.63, 3.8) is 0 Å². The van der Waals surface area contributed by atoms with Gasteiger partial charge in [0, 0.05) is 47.0 Å². The van der Waals surface area contributed by atoms with Crippen molar-refractivity contribution in [2.45, 2.75) is 13.5 Å². The van der Waals surface area contributed by atoms with Crippen molar-refractivity contribution in [3.05, 3.63) is 42.0 Å². The maximum atomic E-state index is 14.2. The second kappa shape index (κ2) is 8.93. The van der Waals surface area contributed by atoms with E-state index < -0.39 is 0 Å². The molecule has 1 saturated heterocycles. The molecule has 0 radical (unpaired) electrons. The van der Waals surface area contributed by atoms with Crippen LogP contribution in [0, 0.1) is 5.82 Å². The van der Waals surface area contributed by atoms with Crippen LogP contribution in [0.15, 0.2) is 35.6 Å². The monoisotopic (exact) mass is 401 g/mol. The van der Waals surface area contributed by atoms with Crippen LogP contribution in [0.3, 0.4) is 0 Å². The number of amides is 1. The average Bonchev–Trinajstić information content (AvgIpc) is 3.10. The Morgan fingerprint density at radius 2 is 2.14 bits per heavy atom. The van der Waals surface area contributed by atoms with Crippen LogP contribution in [-0.4, -0.2) is 66.8 Å². The summed E-state index contributed by atoms with van der Waals surface area (Å²) in [6, 6.07) is 5.13. The number of carbonyl (C=O) groups excluding carboxylic acids is 1. The van der Waals surface area contributed by atoms with Gasteiger partial charge in [-0.3, -0.25) is 9.48 Å². The van der Waals surface area contributed by atoms with E-state index in [0.717, 1.165) is 11.3 Å². The molecule has 0 spiro atoms. The summed E-state index contributed by atoms with van der Waals surface area (Å²) in [6.07, 6.45) is 3.53. The van der Waals surface area contributed by atoms with Crippen LogP contribution in [0.2, 0.25) is 0 Å². The topological polar surface area (TPSA) is 69.0 Å². The number of aliphatic imine (C=N–C) groups is 1. The Bertz CT molecular complexity index is 893. The minimum atomic E-state index is -0.270. The standard InChI is InChI=1S/C20H28FN7O/c1-5-22-20(23-11-15-6-7-18(25(2)3)17(21)10-15)27-8-9-28(19(29)14-27)16-12-24-26(4)13-16/h6-7,10,12-13H,5,8-9,11,14H2,1-4H3,(H,22,23). The number of nitrogens with zero attached hydrogens (tertiary/aromatic N) is 6. The predicted octanol–water partition coefficient (Wildman–Crippen LogP) is 1.44. The van der Waals surface area contributed by atoms with Crippen molar-refractivity contribution in [2.75, 3.05) is 50.1 Å². The van der Waals surface area contributed by atoms with Gasteiger partial charge in [-0.2, -0.15) is 5.10 Å². The first-order valence-electron chi connectivity index (χ1n) is 9.67. The van der Waals surface area contributed by atoms with Gasteiger partial charge in [0.15, 0.2) is 5.96 Å². The SMILES string of the molecule is CCNC(=NCc1ccc(N(C)C)c(F)c1)N1CCN(c2cnn(C)c2)C(=O)C1. The van der Waals surface area contributed by atoms with E-state index in [1.807, 2.05) is 45.2 Å². The molecule has 0 bridgehead atoms. The van der Waals surface area contributed by atoms with E-state index in [1.165, 1.54) is 6.07 Å². The van der Waals surface area contributed by atoms with E-state index in [0.29, 0.717) is 37.8 Å². The van der Waals surface area contributed by atoms with E-state index in [-0.39, 0.29) is 18.3 Å². The van der Waals surface area contributed by atoms with Gasteiger partial charge in [0.05, 0.1) is 24.1 Å². The van der Waals surface area contributed by atoms with E-state index in [9.17, 15) is 9.18 Å². The lowest BCUT2D eigenvalue weighted by molar-refractivity contribution is -0.120. The molecule has 1 aliphatic rings. The fourth-order valence-electron chi connectivity index (χ4n) is 3.28. The van der Waals surface area contributed by atoms with Crippen LogP contribution >= 0.6 is 0 Å². The third-order valence-corrected chi connectivity index (χ3v) is 4.76. The molecule has 2 heterocycles. The Hall–Kier alpha value is -3.10. The van der Waals surface area contributed by atoms with Crippen molar-refractivity contribution < 1.29 is 9.18 Å². The Kier molecular flexibility index (Phi) is 6.36. The predicted molar refractivity (Wildman–Crippen MR) is 113 cm³/mol. The van der Waals surface area contributed by atoms with Gasteiger partial charge in [0.2, 0.25) is 5.91 Å². The van der Waals surface area contributed by atoms with Gasteiger partial charge in [-0.25, -0.2) is 9.38 Å². The normalized spacial score (nSPS) is 15.1. The molecular formula is C20H28FN7O. The highest BCUT2D eigenvalue weighted by atomic mass is 19.1. The van der Waals surface area contributed by atoms with Crippen LogP contribution < -0.4 is 15.1 Å². The molecule has 3 rings (SSSR count). The summed E-state index contributed by atoms with van der Waals surface area (Å²) in [5.74, 6) is 0.382. The maximum absolute atomic E-state index is 14.2. The molecule has 0 aliphatic carbocycles. The second-order valence-corrected chi connectivity index (χ2v) is 7.19. The number of guanidine groups is 1. The molecule has 1 aromatic heterocycles. The van der Waals surface area contributed by atoms with Crippen molar-refractivity contribution in [1.82, 2.24) is 20.0 Å². The van der Waals surface area contributed by atoms with E-state index >= 15 is 0 Å². The van der Waals surface area contributed by atoms with E-state index in [1.54, 1.807) is 26.7 Å². The van der Waals surface area contributed by atoms with Crippen LogP contribution in [0.4, 0.5) is 15.8 Å². The number of aromatic nitrogens is 2. The number of anilines is 2. The fourth-order valence-corrected chi connectivity index (χ4v) is 3.28. The lowest BCUT2D eigenvalue weighted by Crippen LogP contribution is -2.55. The molecule has 1 aromatic carbocycles. The number of hydrogen-bond acceptors (Lipinski definition) is 4. The summed E-state index contributed by atoms with van der Waals surface area (Å²) >= 11 is 0. The smallest absolute Gasteiger partial charge is 0.246 e. The quantitative estimate of drug-likeness (QED) is 0.607. The highest BCUT2D eigenvalue weighted by Gasteiger charge is 2.27. The lowest BCUT2D eigenvalue weighted by atomic mass is 10.2. The average molecular weight is 401 g/mol. The van der Waals surface area contributed by atoms with Gasteiger partial charge >= 0.3 is 0 Å². The van der Waals surface area contributed by atoms with Crippen LogP contribution in [0.1, 0.15) is 12.5 Å². The first-order valence-corrected chi connectivity index (χ1v) is 9.67. The highest BCUT2D eigenvalue weighted by Crippen LogP contribution is 2.19. The van der Waals surface area contributed by atoms with Crippen molar-refractivity contribution in [3.8, 4) is 0 Å². The van der Waals surface area contributed by atoms with Crippen molar-refractivity contribution >= 4 is 23.2 Å². The van der Waals surface area contributed by atoms with Crippen molar-refractivity contribution in [2.24, 2.45) is 12.0 Å². The zero-order valence-corrected chi connectivity index (χ0v) is 17.4. The number of benzene rings is 1. The van der Waals surface area contributed by atoms with Crippen molar-refractivity contribution in [1.29, 1.82) is 0 Å². The first-order chi connectivity index (χ1) is 13.9. The van der Waals surface area contributed by atoms with E-state index in [4.69, 9.17) is 0 Å². The molecule has 0 unspecified atom stereocenters. The van der Waals surface area contributed by atoms with Crippen LogP contribution in [0.25, 0.3) is 0 Å². The molecule has 2 aromatic rings. The molecule has 9 heteroatoms. The summed E-state index contributed by atoms with van der Waals surface area (Å²) in [6.45, 7) is 4.44. The number of piperazine rings is 1. The van der Waals surface area contributed by atoms with Gasteiger partial charge in [-0.15, -0.1) is 0 Å². The zero-order valence-electron chi connectivity index (χ0n) is 17.4. The van der Waals surface area contributed by atoms with E-state index in [2.05, 4.69) is 15.4 Å². The van der Waals surface area contributed by atoms with Crippen LogP contribution in [-0.2, 0) is 18.4 Å². The first kappa shape index (κ1) is 20.6. The largest absolute Gasteiger partial charge is 0.375 e. The molecule has 29 heavy (non-hydrogen) atoms. The minimum Gasteiger partial charge on any atom is -0.375 e. The maximum Gasteiger partial charge on any atom is 0.246 e. The summed E-state index contributed by atoms with van der Waals surface area (Å²) in [7, 11) is 5.44.